The summed E-state index contributed by atoms with van der Waals surface area (Å²) in [4.78, 5) is 4.58. The number of nitriles is 1. The van der Waals surface area contributed by atoms with Gasteiger partial charge in [0.2, 0.25) is 5.89 Å². The first-order chi connectivity index (χ1) is 9.59. The maximum atomic E-state index is 8.91. The van der Waals surface area contributed by atoms with Gasteiger partial charge in [0, 0.05) is 20.0 Å². The molecule has 1 unspecified atom stereocenters. The highest BCUT2D eigenvalue weighted by atomic mass is 16.3. The number of hydrogen-bond donors (Lipinski definition) is 0. The minimum absolute atomic E-state index is 0.611. The number of likely N-dealkylation sites (N-methyl/N-ethyl adjacent to an activating group) is 1. The molecule has 2 aromatic rings. The molecule has 1 aliphatic rings. The molecule has 0 saturated heterocycles. The molecule has 2 heterocycles. The molecule has 4 nitrogen and oxygen atoms in total. The number of rotatable bonds is 2. The third kappa shape index (κ3) is 2.35. The highest BCUT2D eigenvalue weighted by Crippen LogP contribution is 2.26. The van der Waals surface area contributed by atoms with Gasteiger partial charge in [-0.2, -0.15) is 0 Å². The van der Waals surface area contributed by atoms with Gasteiger partial charge in [-0.05, 0) is 24.6 Å². The smallest absolute Gasteiger partial charge is 0.228 e. The average Bonchev–Trinajstić information content (AvgIpc) is 2.81. The molecule has 100 valence electrons. The van der Waals surface area contributed by atoms with Gasteiger partial charge in [-0.25, -0.2) is 10.2 Å². The van der Waals surface area contributed by atoms with Gasteiger partial charge < -0.3 is 8.81 Å². The number of nitrogens with zero attached hydrogens (tertiary/aromatic N) is 3. The molecule has 1 atom stereocenters. The zero-order valence-corrected chi connectivity index (χ0v) is 11.8. The summed E-state index contributed by atoms with van der Waals surface area (Å²) in [6.07, 6.45) is 3.10. The van der Waals surface area contributed by atoms with Crippen LogP contribution in [0.25, 0.3) is 16.7 Å². The van der Waals surface area contributed by atoms with E-state index in [1.807, 2.05) is 25.1 Å². The first-order valence-electron chi connectivity index (χ1n) is 6.74. The normalized spacial score (nSPS) is 22.6. The molecule has 3 rings (SSSR count). The third-order valence-corrected chi connectivity index (χ3v) is 3.75. The molecule has 0 aliphatic carbocycles. The van der Waals surface area contributed by atoms with E-state index in [9.17, 15) is 0 Å². The number of hydrogen-bond acceptors (Lipinski definition) is 3. The Labute approximate surface area is 119 Å². The molecule has 0 fully saturated rings. The first kappa shape index (κ1) is 13.0. The lowest BCUT2D eigenvalue weighted by molar-refractivity contribution is -0.792. The zero-order valence-electron chi connectivity index (χ0n) is 11.8. The van der Waals surface area contributed by atoms with Crippen molar-refractivity contribution in [1.29, 1.82) is 5.26 Å². The molecule has 0 N–H and O–H groups in total. The summed E-state index contributed by atoms with van der Waals surface area (Å²) in [6, 6.07) is 6.01. The van der Waals surface area contributed by atoms with E-state index in [0.717, 1.165) is 36.2 Å². The molecule has 1 aromatic carbocycles. The van der Waals surface area contributed by atoms with E-state index in [2.05, 4.69) is 24.1 Å². The second kappa shape index (κ2) is 4.80. The SMILES string of the molecule is Cc1ccc2oc(C3=CCC[N+](C)([B-]C#N)C3)nc2c1. The fourth-order valence-electron chi connectivity index (χ4n) is 2.65. The van der Waals surface area contributed by atoms with Crippen LogP contribution in [-0.4, -0.2) is 36.9 Å². The van der Waals surface area contributed by atoms with Crippen LogP contribution in [0.3, 0.4) is 0 Å². The lowest BCUT2D eigenvalue weighted by Crippen LogP contribution is -2.50. The molecular weight excluding hydrogens is 249 g/mol. The van der Waals surface area contributed by atoms with Crippen molar-refractivity contribution in [3.8, 4) is 5.97 Å². The second-order valence-electron chi connectivity index (χ2n) is 5.63. The molecule has 0 saturated carbocycles. The summed E-state index contributed by atoms with van der Waals surface area (Å²) in [5.74, 6) is 2.83. The fraction of sp³-hybridized carbons (Fsp3) is 0.333. The Morgan fingerprint density at radius 1 is 1.45 bits per heavy atom. The molecule has 20 heavy (non-hydrogen) atoms. The van der Waals surface area contributed by atoms with Crippen LogP contribution in [0.1, 0.15) is 17.9 Å². The average molecular weight is 265 g/mol. The van der Waals surface area contributed by atoms with Crippen LogP contribution in [0, 0.1) is 18.2 Å². The van der Waals surface area contributed by atoms with Gasteiger partial charge in [0.15, 0.2) is 5.58 Å². The summed E-state index contributed by atoms with van der Waals surface area (Å²) in [5, 5.41) is 8.91. The van der Waals surface area contributed by atoms with E-state index in [-0.39, 0.29) is 0 Å². The minimum atomic E-state index is 0.611. The predicted octanol–water partition coefficient (Wildman–Crippen LogP) is 2.47. The summed E-state index contributed by atoms with van der Waals surface area (Å²) in [5.41, 5.74) is 3.97. The molecular formula is C15H16BN3O. The van der Waals surface area contributed by atoms with Crippen LogP contribution >= 0.6 is 0 Å². The van der Waals surface area contributed by atoms with Crippen LogP contribution in [0.2, 0.25) is 0 Å². The van der Waals surface area contributed by atoms with Crippen molar-refractivity contribution in [3.63, 3.8) is 0 Å². The Morgan fingerprint density at radius 2 is 2.30 bits per heavy atom. The molecule has 0 bridgehead atoms. The third-order valence-electron chi connectivity index (χ3n) is 3.75. The first-order valence-corrected chi connectivity index (χ1v) is 6.74. The van der Waals surface area contributed by atoms with Crippen molar-refractivity contribution in [2.24, 2.45) is 0 Å². The molecule has 0 amide bonds. The molecule has 0 spiro atoms. The van der Waals surface area contributed by atoms with Gasteiger partial charge in [0.25, 0.3) is 0 Å². The van der Waals surface area contributed by atoms with E-state index >= 15 is 0 Å². The van der Waals surface area contributed by atoms with E-state index in [1.165, 1.54) is 5.56 Å². The largest absolute Gasteiger partial charge is 0.546 e. The van der Waals surface area contributed by atoms with E-state index in [1.54, 1.807) is 7.41 Å². The summed E-state index contributed by atoms with van der Waals surface area (Å²) in [6.45, 7) is 3.74. The van der Waals surface area contributed by atoms with Gasteiger partial charge in [0.05, 0.1) is 12.1 Å². The Kier molecular flexibility index (Phi) is 3.11. The standard InChI is InChI=1S/C15H16BN3O/c1-11-5-6-14-13(8-11)18-15(20-14)12-4-3-7-19(2,9-12)16-10-17/h4-6,8H,3,7,9H2,1-2H3. The molecule has 1 aliphatic heterocycles. The summed E-state index contributed by atoms with van der Waals surface area (Å²) >= 11 is 0. The highest BCUT2D eigenvalue weighted by molar-refractivity contribution is 6.36. The van der Waals surface area contributed by atoms with Crippen molar-refractivity contribution in [2.45, 2.75) is 13.3 Å². The number of benzene rings is 1. The van der Waals surface area contributed by atoms with Gasteiger partial charge in [0.1, 0.15) is 12.9 Å². The maximum absolute atomic E-state index is 8.91. The number of oxazole rings is 1. The summed E-state index contributed by atoms with van der Waals surface area (Å²) < 4.78 is 6.46. The van der Waals surface area contributed by atoms with Crippen LogP contribution in [-0.2, 0) is 0 Å². The van der Waals surface area contributed by atoms with Gasteiger partial charge in [-0.1, -0.05) is 12.1 Å². The van der Waals surface area contributed by atoms with E-state index in [0.29, 0.717) is 10.3 Å². The molecule has 5 heteroatoms. The van der Waals surface area contributed by atoms with Crippen molar-refractivity contribution >= 4 is 24.1 Å². The zero-order chi connectivity index (χ0) is 14.2. The Morgan fingerprint density at radius 3 is 3.10 bits per heavy atom. The van der Waals surface area contributed by atoms with Crippen LogP contribution < -0.4 is 0 Å². The Hall–Kier alpha value is -2.06. The van der Waals surface area contributed by atoms with Crippen LogP contribution in [0.15, 0.2) is 28.7 Å². The second-order valence-corrected chi connectivity index (χ2v) is 5.63. The summed E-state index contributed by atoms with van der Waals surface area (Å²) in [7, 11) is 3.74. The lowest BCUT2D eigenvalue weighted by atomic mass is 9.86. The number of fused-ring (bicyclic) bond motifs is 1. The number of aryl methyl sites for hydroxylation is 1. The van der Waals surface area contributed by atoms with E-state index < -0.39 is 0 Å². The quantitative estimate of drug-likeness (QED) is 0.784. The monoisotopic (exact) mass is 265 g/mol. The number of aromatic nitrogens is 1. The lowest BCUT2D eigenvalue weighted by Gasteiger charge is -2.46. The van der Waals surface area contributed by atoms with Crippen molar-refractivity contribution in [1.82, 2.24) is 4.98 Å². The van der Waals surface area contributed by atoms with Crippen LogP contribution in [0.4, 0.5) is 0 Å². The highest BCUT2D eigenvalue weighted by Gasteiger charge is 2.22. The predicted molar refractivity (Wildman–Crippen MR) is 78.6 cm³/mol. The topological polar surface area (TPSA) is 49.8 Å². The van der Waals surface area contributed by atoms with Gasteiger partial charge in [-0.15, -0.1) is 5.97 Å². The molecule has 2 radical (unpaired) electrons. The van der Waals surface area contributed by atoms with Gasteiger partial charge >= 0.3 is 0 Å². The Balaban J connectivity index is 1.95. The van der Waals surface area contributed by atoms with Crippen molar-refractivity contribution < 1.29 is 8.81 Å². The van der Waals surface area contributed by atoms with Crippen molar-refractivity contribution in [2.75, 3.05) is 20.1 Å². The van der Waals surface area contributed by atoms with Gasteiger partial charge in [-0.3, -0.25) is 0 Å². The van der Waals surface area contributed by atoms with Crippen molar-refractivity contribution in [3.05, 3.63) is 35.7 Å². The van der Waals surface area contributed by atoms with Crippen LogP contribution in [0.5, 0.6) is 0 Å². The Bertz CT molecular complexity index is 728. The van der Waals surface area contributed by atoms with E-state index in [4.69, 9.17) is 9.68 Å². The maximum Gasteiger partial charge on any atom is 0.228 e. The minimum Gasteiger partial charge on any atom is -0.546 e. The number of quaternary nitrogens is 1. The molecule has 1 aromatic heterocycles. The fourth-order valence-corrected chi connectivity index (χ4v) is 2.65.